The Bertz CT molecular complexity index is 607. The summed E-state index contributed by atoms with van der Waals surface area (Å²) in [5.74, 6) is 1.66. The lowest BCUT2D eigenvalue weighted by atomic mass is 9.48. The van der Waals surface area contributed by atoms with Crippen molar-refractivity contribution in [3.05, 3.63) is 29.8 Å². The average molecular weight is 330 g/mol. The van der Waals surface area contributed by atoms with E-state index in [4.69, 9.17) is 9.47 Å². The lowest BCUT2D eigenvalue weighted by Gasteiger charge is -2.58. The Morgan fingerprint density at radius 1 is 1.12 bits per heavy atom. The van der Waals surface area contributed by atoms with Gasteiger partial charge in [0.25, 0.3) is 0 Å². The van der Waals surface area contributed by atoms with Gasteiger partial charge in [0.1, 0.15) is 19.0 Å². The van der Waals surface area contributed by atoms with E-state index < -0.39 is 11.0 Å². The molecule has 0 saturated heterocycles. The second kappa shape index (κ2) is 5.76. The fourth-order valence-electron chi connectivity index (χ4n) is 5.53. The molecule has 0 amide bonds. The average Bonchev–Trinajstić information content (AvgIpc) is 2.50. The third kappa shape index (κ3) is 2.92. The van der Waals surface area contributed by atoms with Gasteiger partial charge in [0, 0.05) is 0 Å². The van der Waals surface area contributed by atoms with Crippen LogP contribution in [-0.2, 0) is 9.53 Å². The molecule has 4 nitrogen and oxygen atoms in total. The van der Waals surface area contributed by atoms with E-state index in [1.54, 1.807) is 0 Å². The van der Waals surface area contributed by atoms with Gasteiger partial charge in [-0.1, -0.05) is 17.7 Å². The molecule has 4 fully saturated rings. The predicted octanol–water partition coefficient (Wildman–Crippen LogP) is 3.25. The monoisotopic (exact) mass is 330 g/mol. The summed E-state index contributed by atoms with van der Waals surface area (Å²) in [5.41, 5.74) is 0.123. The number of carbonyl (C=O) groups is 1. The summed E-state index contributed by atoms with van der Waals surface area (Å²) >= 11 is 0. The highest BCUT2D eigenvalue weighted by atomic mass is 16.6. The normalized spacial score (nSPS) is 36.6. The molecule has 2 atom stereocenters. The Labute approximate surface area is 143 Å². The number of hydrogen-bond donors (Lipinski definition) is 1. The van der Waals surface area contributed by atoms with Crippen molar-refractivity contribution < 1.29 is 19.4 Å². The molecule has 0 aliphatic heterocycles. The van der Waals surface area contributed by atoms with E-state index in [0.717, 1.165) is 31.4 Å². The summed E-state index contributed by atoms with van der Waals surface area (Å²) in [6.45, 7) is 2.66. The standard InChI is InChI=1S/C20H26O4/c1-14-2-4-17(5-3-14)23-6-7-24-18(21)19-9-15-8-16(10-19)12-20(22,11-15)13-19/h2-5,15-16,22H,6-13H2,1H3. The number of aryl methyl sites for hydroxylation is 1. The first-order chi connectivity index (χ1) is 11.5. The molecule has 0 aromatic heterocycles. The van der Waals surface area contributed by atoms with E-state index in [1.807, 2.05) is 31.2 Å². The molecule has 4 aliphatic rings. The molecule has 1 aromatic rings. The van der Waals surface area contributed by atoms with Crippen LogP contribution in [0.3, 0.4) is 0 Å². The third-order valence-corrected chi connectivity index (χ3v) is 6.07. The SMILES string of the molecule is Cc1ccc(OCCOC(=O)C23CC4CC(CC(O)(C4)C2)C3)cc1. The number of aliphatic hydroxyl groups is 1. The number of ether oxygens (including phenoxy) is 2. The molecular formula is C20H26O4. The zero-order chi connectivity index (χ0) is 16.8. The number of benzene rings is 1. The first kappa shape index (κ1) is 15.9. The highest BCUT2D eigenvalue weighted by molar-refractivity contribution is 5.77. The van der Waals surface area contributed by atoms with Crippen LogP contribution in [0.1, 0.15) is 44.1 Å². The summed E-state index contributed by atoms with van der Waals surface area (Å²) in [4.78, 5) is 12.7. The Morgan fingerprint density at radius 3 is 2.42 bits per heavy atom. The van der Waals surface area contributed by atoms with E-state index in [0.29, 0.717) is 24.9 Å². The first-order valence-electron chi connectivity index (χ1n) is 9.06. The van der Waals surface area contributed by atoms with Crippen molar-refractivity contribution in [1.29, 1.82) is 0 Å². The summed E-state index contributed by atoms with van der Waals surface area (Å²) < 4.78 is 11.2. The topological polar surface area (TPSA) is 55.8 Å². The van der Waals surface area contributed by atoms with Crippen molar-refractivity contribution in [2.45, 2.75) is 51.0 Å². The van der Waals surface area contributed by atoms with Crippen molar-refractivity contribution in [2.24, 2.45) is 17.3 Å². The number of hydrogen-bond acceptors (Lipinski definition) is 4. The van der Waals surface area contributed by atoms with Crippen molar-refractivity contribution in [3.63, 3.8) is 0 Å². The molecule has 1 aromatic carbocycles. The van der Waals surface area contributed by atoms with Gasteiger partial charge in [-0.15, -0.1) is 0 Å². The highest BCUT2D eigenvalue weighted by Crippen LogP contribution is 2.61. The van der Waals surface area contributed by atoms with Crippen LogP contribution < -0.4 is 4.74 Å². The molecule has 0 spiro atoms. The van der Waals surface area contributed by atoms with Crippen LogP contribution in [-0.4, -0.2) is 29.9 Å². The summed E-state index contributed by atoms with van der Waals surface area (Å²) in [7, 11) is 0. The van der Waals surface area contributed by atoms with Gasteiger partial charge >= 0.3 is 5.97 Å². The van der Waals surface area contributed by atoms with Gasteiger partial charge in [-0.2, -0.15) is 0 Å². The minimum atomic E-state index is -0.624. The fraction of sp³-hybridized carbons (Fsp3) is 0.650. The molecule has 130 valence electrons. The zero-order valence-electron chi connectivity index (χ0n) is 14.3. The number of esters is 1. The van der Waals surface area contributed by atoms with Crippen LogP contribution in [0.2, 0.25) is 0 Å². The predicted molar refractivity (Wildman–Crippen MR) is 89.7 cm³/mol. The molecule has 4 aliphatic carbocycles. The van der Waals surface area contributed by atoms with E-state index in [1.165, 1.54) is 12.0 Å². The van der Waals surface area contributed by atoms with E-state index >= 15 is 0 Å². The summed E-state index contributed by atoms with van der Waals surface area (Å²) in [6, 6.07) is 7.84. The summed E-state index contributed by atoms with van der Waals surface area (Å²) in [6.07, 6.45) is 5.29. The van der Waals surface area contributed by atoms with Crippen LogP contribution in [0.4, 0.5) is 0 Å². The van der Waals surface area contributed by atoms with Crippen molar-refractivity contribution in [1.82, 2.24) is 0 Å². The Balaban J connectivity index is 1.31. The Hall–Kier alpha value is -1.55. The van der Waals surface area contributed by atoms with Gasteiger partial charge in [0.15, 0.2) is 0 Å². The maximum atomic E-state index is 12.7. The number of rotatable bonds is 5. The Kier molecular flexibility index (Phi) is 3.83. The van der Waals surface area contributed by atoms with Crippen LogP contribution in [0.5, 0.6) is 5.75 Å². The highest BCUT2D eigenvalue weighted by Gasteiger charge is 2.60. The Morgan fingerprint density at radius 2 is 1.79 bits per heavy atom. The smallest absolute Gasteiger partial charge is 0.312 e. The van der Waals surface area contributed by atoms with E-state index in [2.05, 4.69) is 0 Å². The van der Waals surface area contributed by atoms with Crippen LogP contribution >= 0.6 is 0 Å². The summed E-state index contributed by atoms with van der Waals surface area (Å²) in [5, 5.41) is 10.7. The van der Waals surface area contributed by atoms with Gasteiger partial charge in [0.2, 0.25) is 0 Å². The quantitative estimate of drug-likeness (QED) is 0.665. The molecular weight excluding hydrogens is 304 g/mol. The van der Waals surface area contributed by atoms with Crippen LogP contribution in [0.15, 0.2) is 24.3 Å². The second-order valence-electron chi connectivity index (χ2n) is 8.26. The van der Waals surface area contributed by atoms with Crippen LogP contribution in [0, 0.1) is 24.2 Å². The molecule has 4 saturated carbocycles. The lowest BCUT2D eigenvalue weighted by molar-refractivity contribution is -0.196. The van der Waals surface area contributed by atoms with Gasteiger partial charge < -0.3 is 14.6 Å². The molecule has 5 rings (SSSR count). The van der Waals surface area contributed by atoms with E-state index in [9.17, 15) is 9.90 Å². The lowest BCUT2D eigenvalue weighted by Crippen LogP contribution is -2.58. The van der Waals surface area contributed by atoms with Crippen molar-refractivity contribution in [3.8, 4) is 5.75 Å². The molecule has 4 bridgehead atoms. The van der Waals surface area contributed by atoms with Crippen molar-refractivity contribution >= 4 is 5.97 Å². The van der Waals surface area contributed by atoms with Crippen LogP contribution in [0.25, 0.3) is 0 Å². The molecule has 2 unspecified atom stereocenters. The zero-order valence-corrected chi connectivity index (χ0v) is 14.3. The van der Waals surface area contributed by atoms with Gasteiger partial charge in [0.05, 0.1) is 11.0 Å². The first-order valence-corrected chi connectivity index (χ1v) is 9.06. The maximum Gasteiger partial charge on any atom is 0.312 e. The van der Waals surface area contributed by atoms with Gasteiger partial charge in [-0.05, 0) is 69.4 Å². The minimum Gasteiger partial charge on any atom is -0.490 e. The van der Waals surface area contributed by atoms with Gasteiger partial charge in [-0.25, -0.2) is 0 Å². The molecule has 4 heteroatoms. The molecule has 0 radical (unpaired) electrons. The molecule has 0 heterocycles. The molecule has 24 heavy (non-hydrogen) atoms. The minimum absolute atomic E-state index is 0.123. The maximum absolute atomic E-state index is 12.7. The van der Waals surface area contributed by atoms with Crippen molar-refractivity contribution in [2.75, 3.05) is 13.2 Å². The third-order valence-electron chi connectivity index (χ3n) is 6.07. The largest absolute Gasteiger partial charge is 0.490 e. The number of carbonyl (C=O) groups excluding carboxylic acids is 1. The van der Waals surface area contributed by atoms with Gasteiger partial charge in [-0.3, -0.25) is 4.79 Å². The fourth-order valence-corrected chi connectivity index (χ4v) is 5.53. The molecule has 1 N–H and O–H groups in total. The van der Waals surface area contributed by atoms with E-state index in [-0.39, 0.29) is 12.6 Å². The second-order valence-corrected chi connectivity index (χ2v) is 8.26.